The lowest BCUT2D eigenvalue weighted by molar-refractivity contribution is 0.0526. The van der Waals surface area contributed by atoms with Crippen LogP contribution in [0.5, 0.6) is 23.0 Å². The molecule has 0 aliphatic rings. The molecule has 0 N–H and O–H groups in total. The van der Waals surface area contributed by atoms with Crippen LogP contribution in [-0.4, -0.2) is 19.7 Å². The minimum absolute atomic E-state index is 0.0847. The maximum Gasteiger partial charge on any atom is 0.338 e. The van der Waals surface area contributed by atoms with Crippen molar-refractivity contribution in [3.05, 3.63) is 93.8 Å². The van der Waals surface area contributed by atoms with Gasteiger partial charge < -0.3 is 23.4 Å². The van der Waals surface area contributed by atoms with Crippen LogP contribution in [0.1, 0.15) is 28.6 Å². The van der Waals surface area contributed by atoms with Crippen LogP contribution in [0.3, 0.4) is 0 Å². The van der Waals surface area contributed by atoms with E-state index in [1.807, 2.05) is 24.3 Å². The normalized spacial score (nSPS) is 10.7. The van der Waals surface area contributed by atoms with Gasteiger partial charge in [0.1, 0.15) is 35.2 Å². The first-order valence-corrected chi connectivity index (χ1v) is 10.8. The summed E-state index contributed by atoms with van der Waals surface area (Å²) in [5, 5.41) is 0.373. The first-order chi connectivity index (χ1) is 16.5. The highest BCUT2D eigenvalue weighted by Gasteiger charge is 2.15. The highest BCUT2D eigenvalue weighted by Crippen LogP contribution is 2.28. The van der Waals surface area contributed by atoms with Gasteiger partial charge in [0, 0.05) is 6.07 Å². The summed E-state index contributed by atoms with van der Waals surface area (Å²) in [5.74, 6) is 1.73. The topological polar surface area (TPSA) is 84.2 Å². The molecule has 0 radical (unpaired) electrons. The zero-order chi connectivity index (χ0) is 24.1. The summed E-state index contributed by atoms with van der Waals surface area (Å²) < 4.78 is 27.7. The molecule has 7 heteroatoms. The minimum Gasteiger partial charge on any atom is -0.497 e. The van der Waals surface area contributed by atoms with Crippen LogP contribution in [0, 0.1) is 6.92 Å². The number of ether oxygens (including phenoxy) is 4. The predicted molar refractivity (Wildman–Crippen MR) is 127 cm³/mol. The second-order valence-corrected chi connectivity index (χ2v) is 7.46. The van der Waals surface area contributed by atoms with Gasteiger partial charge in [-0.05, 0) is 67.9 Å². The SMILES string of the molecule is CCOC(=O)c1ccc(Oc2c(C)oc3cc(OCc4cccc(OC)c4)ccc3c2=O)cc1. The molecule has 0 bridgehead atoms. The highest BCUT2D eigenvalue weighted by atomic mass is 16.5. The molecule has 0 amide bonds. The van der Waals surface area contributed by atoms with E-state index < -0.39 is 5.97 Å². The second-order valence-electron chi connectivity index (χ2n) is 7.46. The molecule has 34 heavy (non-hydrogen) atoms. The van der Waals surface area contributed by atoms with Crippen LogP contribution in [0.4, 0.5) is 0 Å². The van der Waals surface area contributed by atoms with Crippen molar-refractivity contribution in [2.75, 3.05) is 13.7 Å². The van der Waals surface area contributed by atoms with Crippen LogP contribution in [-0.2, 0) is 11.3 Å². The fourth-order valence-corrected chi connectivity index (χ4v) is 3.40. The Balaban J connectivity index is 1.53. The van der Waals surface area contributed by atoms with E-state index in [4.69, 9.17) is 23.4 Å². The molecule has 0 aliphatic heterocycles. The summed E-state index contributed by atoms with van der Waals surface area (Å²) in [5.41, 5.74) is 1.45. The lowest BCUT2D eigenvalue weighted by Gasteiger charge is -2.11. The number of carbonyl (C=O) groups excluding carboxylic acids is 1. The maximum atomic E-state index is 13.1. The Labute approximate surface area is 196 Å². The lowest BCUT2D eigenvalue weighted by Crippen LogP contribution is -2.08. The number of hydrogen-bond acceptors (Lipinski definition) is 7. The average Bonchev–Trinajstić information content (AvgIpc) is 2.85. The van der Waals surface area contributed by atoms with Crippen LogP contribution in [0.25, 0.3) is 11.0 Å². The van der Waals surface area contributed by atoms with Crippen molar-refractivity contribution in [2.45, 2.75) is 20.5 Å². The van der Waals surface area contributed by atoms with Gasteiger partial charge in [0.15, 0.2) is 0 Å². The number of hydrogen-bond donors (Lipinski definition) is 0. The van der Waals surface area contributed by atoms with Crippen LogP contribution in [0.15, 0.2) is 75.9 Å². The summed E-state index contributed by atoms with van der Waals surface area (Å²) in [6.07, 6.45) is 0. The van der Waals surface area contributed by atoms with Crippen LogP contribution >= 0.6 is 0 Å². The Bertz CT molecular complexity index is 1370. The highest BCUT2D eigenvalue weighted by molar-refractivity contribution is 5.89. The predicted octanol–water partition coefficient (Wildman–Crippen LogP) is 5.66. The summed E-state index contributed by atoms with van der Waals surface area (Å²) >= 11 is 0. The number of fused-ring (bicyclic) bond motifs is 1. The molecule has 4 aromatic rings. The smallest absolute Gasteiger partial charge is 0.338 e. The van der Waals surface area contributed by atoms with Crippen molar-refractivity contribution in [1.82, 2.24) is 0 Å². The molecular weight excluding hydrogens is 436 g/mol. The molecule has 3 aromatic carbocycles. The van der Waals surface area contributed by atoms with Gasteiger partial charge in [-0.3, -0.25) is 4.79 Å². The Morgan fingerprint density at radius 2 is 1.71 bits per heavy atom. The average molecular weight is 460 g/mol. The molecule has 0 aliphatic carbocycles. The Morgan fingerprint density at radius 3 is 2.44 bits per heavy atom. The van der Waals surface area contributed by atoms with Crippen molar-refractivity contribution in [3.8, 4) is 23.0 Å². The number of benzene rings is 3. The van der Waals surface area contributed by atoms with E-state index in [0.717, 1.165) is 11.3 Å². The Morgan fingerprint density at radius 1 is 0.941 bits per heavy atom. The monoisotopic (exact) mass is 460 g/mol. The fourth-order valence-electron chi connectivity index (χ4n) is 3.40. The third kappa shape index (κ3) is 5.04. The van der Waals surface area contributed by atoms with Gasteiger partial charge in [-0.2, -0.15) is 0 Å². The maximum absolute atomic E-state index is 13.1. The van der Waals surface area contributed by atoms with Gasteiger partial charge in [-0.1, -0.05) is 12.1 Å². The van der Waals surface area contributed by atoms with E-state index in [0.29, 0.717) is 47.0 Å². The zero-order valence-corrected chi connectivity index (χ0v) is 19.1. The summed E-state index contributed by atoms with van der Waals surface area (Å²) in [6.45, 7) is 4.04. The van der Waals surface area contributed by atoms with Crippen molar-refractivity contribution >= 4 is 16.9 Å². The Hall–Kier alpha value is -4.26. The van der Waals surface area contributed by atoms with Gasteiger partial charge in [-0.15, -0.1) is 0 Å². The molecule has 0 unspecified atom stereocenters. The molecule has 0 saturated carbocycles. The molecule has 0 saturated heterocycles. The van der Waals surface area contributed by atoms with E-state index in [9.17, 15) is 9.59 Å². The van der Waals surface area contributed by atoms with Crippen LogP contribution in [0.2, 0.25) is 0 Å². The van der Waals surface area contributed by atoms with Crippen molar-refractivity contribution in [1.29, 1.82) is 0 Å². The molecular formula is C27H24O7. The van der Waals surface area contributed by atoms with Gasteiger partial charge in [0.05, 0.1) is 24.7 Å². The van der Waals surface area contributed by atoms with E-state index in [2.05, 4.69) is 0 Å². The van der Waals surface area contributed by atoms with Gasteiger partial charge in [0.2, 0.25) is 11.2 Å². The first-order valence-electron chi connectivity index (χ1n) is 10.8. The number of carbonyl (C=O) groups is 1. The first kappa shape index (κ1) is 22.9. The molecule has 0 atom stereocenters. The van der Waals surface area contributed by atoms with E-state index in [-0.39, 0.29) is 11.2 Å². The molecule has 1 heterocycles. The molecule has 1 aromatic heterocycles. The van der Waals surface area contributed by atoms with E-state index in [1.54, 1.807) is 63.4 Å². The van der Waals surface area contributed by atoms with Gasteiger partial charge in [0.25, 0.3) is 0 Å². The number of aryl methyl sites for hydroxylation is 1. The van der Waals surface area contributed by atoms with E-state index >= 15 is 0 Å². The summed E-state index contributed by atoms with van der Waals surface area (Å²) in [7, 11) is 1.62. The molecule has 4 rings (SSSR count). The quantitative estimate of drug-likeness (QED) is 0.314. The summed E-state index contributed by atoms with van der Waals surface area (Å²) in [4.78, 5) is 24.9. The van der Waals surface area contributed by atoms with Gasteiger partial charge >= 0.3 is 5.97 Å². The van der Waals surface area contributed by atoms with Crippen molar-refractivity contribution in [2.24, 2.45) is 0 Å². The lowest BCUT2D eigenvalue weighted by atomic mass is 10.2. The Kier molecular flexibility index (Phi) is 6.82. The molecule has 0 fully saturated rings. The summed E-state index contributed by atoms with van der Waals surface area (Å²) in [6, 6.07) is 19.0. The van der Waals surface area contributed by atoms with Crippen molar-refractivity contribution in [3.63, 3.8) is 0 Å². The molecule has 7 nitrogen and oxygen atoms in total. The standard InChI is InChI=1S/C27H24O7/c1-4-31-27(29)19-8-10-20(11-9-19)34-26-17(2)33-24-15-22(12-13-23(24)25(26)28)32-16-18-6-5-7-21(14-18)30-3/h5-15H,4,16H2,1-3H3. The van der Waals surface area contributed by atoms with Crippen molar-refractivity contribution < 1.29 is 28.2 Å². The fraction of sp³-hybridized carbons (Fsp3) is 0.185. The number of rotatable bonds is 8. The largest absolute Gasteiger partial charge is 0.497 e. The zero-order valence-electron chi connectivity index (χ0n) is 19.1. The third-order valence-electron chi connectivity index (χ3n) is 5.11. The van der Waals surface area contributed by atoms with E-state index in [1.165, 1.54) is 0 Å². The number of esters is 1. The second kappa shape index (κ2) is 10.1. The van der Waals surface area contributed by atoms with Gasteiger partial charge in [-0.25, -0.2) is 4.79 Å². The molecule has 174 valence electrons. The van der Waals surface area contributed by atoms with Crippen LogP contribution < -0.4 is 19.6 Å². The molecule has 0 spiro atoms. The number of methoxy groups -OCH3 is 1. The third-order valence-corrected chi connectivity index (χ3v) is 5.11. The minimum atomic E-state index is -0.417.